The van der Waals surface area contributed by atoms with Crippen molar-refractivity contribution < 1.29 is 28.8 Å². The van der Waals surface area contributed by atoms with E-state index in [0.717, 1.165) is 4.47 Å². The van der Waals surface area contributed by atoms with Crippen molar-refractivity contribution in [2.24, 2.45) is 11.3 Å². The molecule has 0 saturated heterocycles. The number of aldehydes is 1. The summed E-state index contributed by atoms with van der Waals surface area (Å²) in [4.78, 5) is 51.2. The van der Waals surface area contributed by atoms with E-state index in [0.29, 0.717) is 17.4 Å². The molecule has 0 heterocycles. The van der Waals surface area contributed by atoms with Crippen molar-refractivity contribution in [3.63, 3.8) is 0 Å². The summed E-state index contributed by atoms with van der Waals surface area (Å²) in [7, 11) is 0. The average molecular weight is 532 g/mol. The Bertz CT molecular complexity index is 1040. The highest BCUT2D eigenvalue weighted by atomic mass is 79.9. The third kappa shape index (κ3) is 4.61. The van der Waals surface area contributed by atoms with E-state index in [4.69, 9.17) is 9.47 Å². The van der Waals surface area contributed by atoms with Crippen LogP contribution in [0.3, 0.4) is 0 Å². The molecule has 5 atom stereocenters. The van der Waals surface area contributed by atoms with Gasteiger partial charge in [-0.3, -0.25) is 19.7 Å². The molecule has 1 fully saturated rings. The summed E-state index contributed by atoms with van der Waals surface area (Å²) < 4.78 is 11.3. The van der Waals surface area contributed by atoms with Crippen molar-refractivity contribution in [1.29, 1.82) is 0 Å². The Morgan fingerprint density at radius 2 is 1.65 bits per heavy atom. The van der Waals surface area contributed by atoms with Crippen LogP contribution in [0, 0.1) is 21.4 Å². The van der Waals surface area contributed by atoms with Crippen LogP contribution in [-0.2, 0) is 23.9 Å². The number of hydrogen-bond acceptors (Lipinski definition) is 7. The van der Waals surface area contributed by atoms with Gasteiger partial charge in [-0.1, -0.05) is 58.4 Å². The molecular formula is C25H26BrNO7. The van der Waals surface area contributed by atoms with Crippen molar-refractivity contribution in [1.82, 2.24) is 0 Å². The molecule has 1 aliphatic carbocycles. The number of halogens is 1. The molecule has 1 aliphatic rings. The molecule has 0 radical (unpaired) electrons. The molecule has 8 nitrogen and oxygen atoms in total. The van der Waals surface area contributed by atoms with Crippen LogP contribution in [0.4, 0.5) is 0 Å². The average Bonchev–Trinajstić information content (AvgIpc) is 3.11. The predicted octanol–water partition coefficient (Wildman–Crippen LogP) is 4.29. The van der Waals surface area contributed by atoms with Crippen molar-refractivity contribution in [2.75, 3.05) is 13.2 Å². The number of carbonyl (C=O) groups excluding carboxylic acids is 3. The van der Waals surface area contributed by atoms with Gasteiger partial charge in [0.25, 0.3) is 0 Å². The number of rotatable bonds is 9. The fraction of sp³-hybridized carbons (Fsp3) is 0.400. The van der Waals surface area contributed by atoms with Crippen molar-refractivity contribution in [3.05, 3.63) is 80.3 Å². The number of nitro groups is 1. The second-order valence-electron chi connectivity index (χ2n) is 8.15. The molecule has 3 rings (SSSR count). The Kier molecular flexibility index (Phi) is 8.19. The normalized spacial score (nSPS) is 26.0. The summed E-state index contributed by atoms with van der Waals surface area (Å²) in [6.45, 7) is 3.28. The Balaban J connectivity index is 2.35. The minimum absolute atomic E-state index is 0.0113. The van der Waals surface area contributed by atoms with Crippen LogP contribution in [0.5, 0.6) is 0 Å². The number of nitrogens with zero attached hydrogens (tertiary/aromatic N) is 1. The van der Waals surface area contributed by atoms with Gasteiger partial charge in [-0.15, -0.1) is 0 Å². The van der Waals surface area contributed by atoms with Crippen molar-refractivity contribution in [2.45, 2.75) is 38.1 Å². The minimum atomic E-state index is -1.82. The molecule has 0 aromatic heterocycles. The van der Waals surface area contributed by atoms with Crippen LogP contribution in [0.25, 0.3) is 0 Å². The van der Waals surface area contributed by atoms with Crippen LogP contribution >= 0.6 is 15.9 Å². The molecule has 2 aromatic rings. The smallest absolute Gasteiger partial charge is 0.314 e. The van der Waals surface area contributed by atoms with Crippen LogP contribution in [0.1, 0.15) is 43.2 Å². The van der Waals surface area contributed by atoms with Gasteiger partial charge in [0.05, 0.1) is 31.5 Å². The lowest BCUT2D eigenvalue weighted by Gasteiger charge is -2.35. The monoisotopic (exact) mass is 531 g/mol. The lowest BCUT2D eigenvalue weighted by atomic mass is 9.66. The van der Waals surface area contributed by atoms with Crippen molar-refractivity contribution >= 4 is 34.2 Å². The molecule has 0 N–H and O–H groups in total. The Labute approximate surface area is 205 Å². The van der Waals surface area contributed by atoms with Gasteiger partial charge in [0, 0.05) is 15.3 Å². The fourth-order valence-electron chi connectivity index (χ4n) is 5.23. The SMILES string of the molecule is CCOC(=O)C[C@]1(C(=O)OCC)[C@H](C=O)[C@@H](c2ccc(Br)cc2)[C@H]([N+](=O)[O-])[C@H]1c1ccccc1. The van der Waals surface area contributed by atoms with Crippen LogP contribution < -0.4 is 0 Å². The first-order valence-electron chi connectivity index (χ1n) is 11.0. The lowest BCUT2D eigenvalue weighted by Crippen LogP contribution is -2.45. The second-order valence-corrected chi connectivity index (χ2v) is 9.06. The maximum atomic E-state index is 13.6. The zero-order chi connectivity index (χ0) is 24.9. The van der Waals surface area contributed by atoms with Crippen molar-refractivity contribution in [3.8, 4) is 0 Å². The summed E-state index contributed by atoms with van der Waals surface area (Å²) in [5, 5.41) is 12.6. The molecule has 1 saturated carbocycles. The molecule has 0 amide bonds. The highest BCUT2D eigenvalue weighted by Gasteiger charge is 2.70. The third-order valence-electron chi connectivity index (χ3n) is 6.45. The molecule has 0 bridgehead atoms. The Hall–Kier alpha value is -3.07. The lowest BCUT2D eigenvalue weighted by molar-refractivity contribution is -0.528. The first-order chi connectivity index (χ1) is 16.3. The standard InChI is InChI=1S/C25H26BrNO7/c1-3-33-20(29)14-25(24(30)34-4-2)19(15-28)21(16-10-12-18(26)13-11-16)23(27(31)32)22(25)17-8-6-5-7-9-17/h5-13,15,19,21-23H,3-4,14H2,1-2H3/t19-,21-,22-,23+,25+/m1/s1. The first kappa shape index (κ1) is 25.6. The zero-order valence-corrected chi connectivity index (χ0v) is 20.5. The van der Waals surface area contributed by atoms with Gasteiger partial charge in [0.1, 0.15) is 11.7 Å². The van der Waals surface area contributed by atoms with Crippen LogP contribution in [-0.4, -0.2) is 42.4 Å². The molecule has 0 unspecified atom stereocenters. The van der Waals surface area contributed by atoms with E-state index in [9.17, 15) is 24.5 Å². The van der Waals surface area contributed by atoms with E-state index in [1.165, 1.54) is 0 Å². The highest BCUT2D eigenvalue weighted by Crippen LogP contribution is 2.61. The van der Waals surface area contributed by atoms with Gasteiger partial charge in [0.2, 0.25) is 6.04 Å². The molecule has 2 aromatic carbocycles. The van der Waals surface area contributed by atoms with E-state index in [-0.39, 0.29) is 13.2 Å². The summed E-state index contributed by atoms with van der Waals surface area (Å²) in [5.74, 6) is -4.80. The van der Waals surface area contributed by atoms with Gasteiger partial charge in [-0.25, -0.2) is 0 Å². The summed E-state index contributed by atoms with van der Waals surface area (Å²) in [6, 6.07) is 14.0. The van der Waals surface area contributed by atoms with Gasteiger partial charge < -0.3 is 14.3 Å². The maximum Gasteiger partial charge on any atom is 0.314 e. The van der Waals surface area contributed by atoms with E-state index >= 15 is 0 Å². The third-order valence-corrected chi connectivity index (χ3v) is 6.98. The van der Waals surface area contributed by atoms with E-state index in [2.05, 4.69) is 15.9 Å². The number of benzene rings is 2. The van der Waals surface area contributed by atoms with E-state index < -0.39 is 52.5 Å². The number of hydrogen-bond donors (Lipinski definition) is 0. The molecule has 180 valence electrons. The van der Waals surface area contributed by atoms with Gasteiger partial charge in [0.15, 0.2) is 0 Å². The molecular weight excluding hydrogens is 506 g/mol. The van der Waals surface area contributed by atoms with E-state index in [1.54, 1.807) is 68.4 Å². The number of esters is 2. The van der Waals surface area contributed by atoms with Crippen LogP contribution in [0.2, 0.25) is 0 Å². The highest BCUT2D eigenvalue weighted by molar-refractivity contribution is 9.10. The molecule has 0 aliphatic heterocycles. The first-order valence-corrected chi connectivity index (χ1v) is 11.8. The molecule has 9 heteroatoms. The van der Waals surface area contributed by atoms with E-state index in [1.807, 2.05) is 0 Å². The predicted molar refractivity (Wildman–Crippen MR) is 127 cm³/mol. The van der Waals surface area contributed by atoms with Gasteiger partial charge in [-0.05, 0) is 37.1 Å². The Morgan fingerprint density at radius 3 is 2.18 bits per heavy atom. The van der Waals surface area contributed by atoms with Gasteiger partial charge >= 0.3 is 11.9 Å². The van der Waals surface area contributed by atoms with Gasteiger partial charge in [-0.2, -0.15) is 0 Å². The number of ether oxygens (including phenoxy) is 2. The minimum Gasteiger partial charge on any atom is -0.466 e. The maximum absolute atomic E-state index is 13.6. The topological polar surface area (TPSA) is 113 Å². The molecule has 34 heavy (non-hydrogen) atoms. The Morgan fingerprint density at radius 1 is 1.03 bits per heavy atom. The summed E-state index contributed by atoms with van der Waals surface area (Å²) in [5.41, 5.74) is -0.813. The second kappa shape index (κ2) is 10.9. The number of carbonyl (C=O) groups is 3. The fourth-order valence-corrected chi connectivity index (χ4v) is 5.50. The quantitative estimate of drug-likeness (QED) is 0.205. The summed E-state index contributed by atoms with van der Waals surface area (Å²) >= 11 is 3.36. The largest absolute Gasteiger partial charge is 0.466 e. The van der Waals surface area contributed by atoms with Crippen LogP contribution in [0.15, 0.2) is 59.1 Å². The summed E-state index contributed by atoms with van der Waals surface area (Å²) in [6.07, 6.45) is 0.0440. The zero-order valence-electron chi connectivity index (χ0n) is 18.9. The molecule has 0 spiro atoms.